The molecule has 13 heavy (non-hydrogen) atoms. The first kappa shape index (κ1) is 10.2. The first-order valence-corrected chi connectivity index (χ1v) is 5.02. The number of rotatable bonds is 3. The number of nitrogens with zero attached hydrogens (tertiary/aromatic N) is 1. The minimum absolute atomic E-state index is 0.202. The number of thiazole rings is 1. The van der Waals surface area contributed by atoms with Crippen LogP contribution in [0.1, 0.15) is 34.2 Å². The molecule has 1 heterocycles. The van der Waals surface area contributed by atoms with Crippen LogP contribution in [0.4, 0.5) is 0 Å². The summed E-state index contributed by atoms with van der Waals surface area (Å²) in [5.74, 6) is -0.385. The van der Waals surface area contributed by atoms with Crippen LogP contribution in [0.5, 0.6) is 0 Å². The Morgan fingerprint density at radius 2 is 2.23 bits per heavy atom. The zero-order chi connectivity index (χ0) is 10.0. The summed E-state index contributed by atoms with van der Waals surface area (Å²) in [6.45, 7) is 6.08. The molecular formula is C9H13NO2S. The van der Waals surface area contributed by atoms with Crippen LogP contribution in [0.15, 0.2) is 0 Å². The highest BCUT2D eigenvalue weighted by Gasteiger charge is 2.13. The average molecular weight is 199 g/mol. The van der Waals surface area contributed by atoms with Crippen molar-refractivity contribution in [1.29, 1.82) is 0 Å². The minimum Gasteiger partial charge on any atom is -0.476 e. The molecule has 0 amide bonds. The van der Waals surface area contributed by atoms with Crippen LogP contribution in [-0.4, -0.2) is 16.1 Å². The van der Waals surface area contributed by atoms with Crippen molar-refractivity contribution in [1.82, 2.24) is 4.98 Å². The fourth-order valence-electron chi connectivity index (χ4n) is 1.08. The van der Waals surface area contributed by atoms with Gasteiger partial charge in [-0.2, -0.15) is 0 Å². The molecule has 3 nitrogen and oxygen atoms in total. The Morgan fingerprint density at radius 3 is 2.62 bits per heavy atom. The van der Waals surface area contributed by atoms with Crippen LogP contribution in [-0.2, 0) is 6.42 Å². The van der Waals surface area contributed by atoms with Gasteiger partial charge in [-0.05, 0) is 19.3 Å². The van der Waals surface area contributed by atoms with Gasteiger partial charge in [-0.1, -0.05) is 13.8 Å². The maximum absolute atomic E-state index is 10.6. The van der Waals surface area contributed by atoms with Crippen LogP contribution in [0.3, 0.4) is 0 Å². The highest BCUT2D eigenvalue weighted by Crippen LogP contribution is 2.21. The molecule has 0 atom stereocenters. The number of hydrogen-bond acceptors (Lipinski definition) is 3. The molecule has 0 aliphatic rings. The van der Waals surface area contributed by atoms with Crippen LogP contribution in [0, 0.1) is 12.8 Å². The predicted molar refractivity (Wildman–Crippen MR) is 52.4 cm³/mol. The molecule has 72 valence electrons. The molecule has 0 aliphatic heterocycles. The van der Waals surface area contributed by atoms with Crippen molar-refractivity contribution >= 4 is 17.3 Å². The summed E-state index contributed by atoms with van der Waals surface area (Å²) in [5.41, 5.74) is 0.858. The fraction of sp³-hybridized carbons (Fsp3) is 0.556. The molecule has 1 rings (SSSR count). The van der Waals surface area contributed by atoms with E-state index in [9.17, 15) is 4.79 Å². The van der Waals surface area contributed by atoms with Crippen molar-refractivity contribution in [3.8, 4) is 0 Å². The lowest BCUT2D eigenvalue weighted by Crippen LogP contribution is -1.94. The van der Waals surface area contributed by atoms with Gasteiger partial charge in [0.25, 0.3) is 0 Å². The number of aromatic nitrogens is 1. The second-order valence-corrected chi connectivity index (χ2v) is 4.51. The Hall–Kier alpha value is -0.900. The first-order chi connectivity index (χ1) is 6.00. The number of carboxylic acid groups (broad SMARTS) is 1. The minimum atomic E-state index is -0.928. The smallest absolute Gasteiger partial charge is 0.365 e. The average Bonchev–Trinajstić information content (AvgIpc) is 2.31. The highest BCUT2D eigenvalue weighted by molar-refractivity contribution is 7.13. The molecule has 0 bridgehead atoms. The molecule has 1 aromatic heterocycles. The number of carboxylic acids is 1. The molecule has 0 aromatic carbocycles. The molecule has 4 heteroatoms. The van der Waals surface area contributed by atoms with Gasteiger partial charge in [0.15, 0.2) is 0 Å². The van der Waals surface area contributed by atoms with E-state index < -0.39 is 5.97 Å². The standard InChI is InChI=1S/C9H13NO2S/c1-5(2)4-7-6(3)10-8(13-7)9(11)12/h5H,4H2,1-3H3,(H,11,12). The van der Waals surface area contributed by atoms with Crippen molar-refractivity contribution in [3.63, 3.8) is 0 Å². The van der Waals surface area contributed by atoms with Crippen LogP contribution >= 0.6 is 11.3 Å². The van der Waals surface area contributed by atoms with Crippen molar-refractivity contribution in [3.05, 3.63) is 15.6 Å². The number of aromatic carboxylic acids is 1. The second kappa shape index (κ2) is 3.87. The van der Waals surface area contributed by atoms with E-state index in [1.807, 2.05) is 6.92 Å². The van der Waals surface area contributed by atoms with Crippen molar-refractivity contribution in [2.75, 3.05) is 0 Å². The van der Waals surface area contributed by atoms with Crippen molar-refractivity contribution in [2.45, 2.75) is 27.2 Å². The van der Waals surface area contributed by atoms with E-state index in [-0.39, 0.29) is 5.01 Å². The zero-order valence-corrected chi connectivity index (χ0v) is 8.81. The number of hydrogen-bond donors (Lipinski definition) is 1. The van der Waals surface area contributed by atoms with Gasteiger partial charge < -0.3 is 5.11 Å². The first-order valence-electron chi connectivity index (χ1n) is 4.20. The molecule has 0 saturated carbocycles. The van der Waals surface area contributed by atoms with E-state index in [2.05, 4.69) is 18.8 Å². The Kier molecular flexibility index (Phi) is 3.03. The number of carbonyl (C=O) groups is 1. The zero-order valence-electron chi connectivity index (χ0n) is 8.00. The molecule has 1 aromatic rings. The SMILES string of the molecule is Cc1nc(C(=O)O)sc1CC(C)C. The summed E-state index contributed by atoms with van der Waals surface area (Å²) < 4.78 is 0. The quantitative estimate of drug-likeness (QED) is 0.813. The van der Waals surface area contributed by atoms with E-state index in [1.54, 1.807) is 0 Å². The fourth-order valence-corrected chi connectivity index (χ4v) is 2.19. The molecule has 0 aliphatic carbocycles. The molecule has 0 fully saturated rings. The third kappa shape index (κ3) is 2.52. The molecule has 0 unspecified atom stereocenters. The summed E-state index contributed by atoms with van der Waals surface area (Å²) in [6, 6.07) is 0. The van der Waals surface area contributed by atoms with Gasteiger partial charge in [0.1, 0.15) is 0 Å². The summed E-state index contributed by atoms with van der Waals surface area (Å²) in [7, 11) is 0. The van der Waals surface area contributed by atoms with Gasteiger partial charge in [-0.15, -0.1) is 11.3 Å². The predicted octanol–water partition coefficient (Wildman–Crippen LogP) is 2.35. The van der Waals surface area contributed by atoms with Crippen LogP contribution < -0.4 is 0 Å². The Labute approximate surface area is 81.4 Å². The Bertz CT molecular complexity index is 317. The normalized spacial score (nSPS) is 10.8. The topological polar surface area (TPSA) is 50.2 Å². The van der Waals surface area contributed by atoms with Gasteiger partial charge in [0, 0.05) is 4.88 Å². The largest absolute Gasteiger partial charge is 0.476 e. The molecule has 0 spiro atoms. The lowest BCUT2D eigenvalue weighted by atomic mass is 10.1. The van der Waals surface area contributed by atoms with Crippen LogP contribution in [0.2, 0.25) is 0 Å². The van der Waals surface area contributed by atoms with Crippen molar-refractivity contribution in [2.24, 2.45) is 5.92 Å². The van der Waals surface area contributed by atoms with E-state index in [4.69, 9.17) is 5.11 Å². The molecule has 0 radical (unpaired) electrons. The highest BCUT2D eigenvalue weighted by atomic mass is 32.1. The third-order valence-electron chi connectivity index (χ3n) is 1.67. The van der Waals surface area contributed by atoms with E-state index in [1.165, 1.54) is 11.3 Å². The van der Waals surface area contributed by atoms with E-state index >= 15 is 0 Å². The van der Waals surface area contributed by atoms with Gasteiger partial charge in [-0.3, -0.25) is 0 Å². The lowest BCUT2D eigenvalue weighted by Gasteiger charge is -2.00. The molecule has 1 N–H and O–H groups in total. The second-order valence-electron chi connectivity index (χ2n) is 3.43. The third-order valence-corrected chi connectivity index (χ3v) is 2.84. The number of aryl methyl sites for hydroxylation is 1. The maximum atomic E-state index is 10.6. The summed E-state index contributed by atoms with van der Waals surface area (Å²) in [6.07, 6.45) is 0.913. The molecular weight excluding hydrogens is 186 g/mol. The van der Waals surface area contributed by atoms with Crippen LogP contribution in [0.25, 0.3) is 0 Å². The van der Waals surface area contributed by atoms with Crippen molar-refractivity contribution < 1.29 is 9.90 Å². The summed E-state index contributed by atoms with van der Waals surface area (Å²) in [4.78, 5) is 15.7. The lowest BCUT2D eigenvalue weighted by molar-refractivity contribution is 0.0696. The van der Waals surface area contributed by atoms with Gasteiger partial charge in [0.05, 0.1) is 5.69 Å². The van der Waals surface area contributed by atoms with Gasteiger partial charge >= 0.3 is 5.97 Å². The monoisotopic (exact) mass is 199 g/mol. The van der Waals surface area contributed by atoms with Gasteiger partial charge in [0.2, 0.25) is 5.01 Å². The Morgan fingerprint density at radius 1 is 1.62 bits per heavy atom. The Balaban J connectivity index is 2.90. The van der Waals surface area contributed by atoms with E-state index in [0.717, 1.165) is 17.0 Å². The molecule has 0 saturated heterocycles. The summed E-state index contributed by atoms with van der Waals surface area (Å²) >= 11 is 1.29. The van der Waals surface area contributed by atoms with Gasteiger partial charge in [-0.25, -0.2) is 9.78 Å². The maximum Gasteiger partial charge on any atom is 0.365 e. The summed E-state index contributed by atoms with van der Waals surface area (Å²) in [5, 5.41) is 8.91. The van der Waals surface area contributed by atoms with E-state index in [0.29, 0.717) is 5.92 Å².